The highest BCUT2D eigenvalue weighted by atomic mass is 35.5. The number of halogens is 1. The fourth-order valence-corrected chi connectivity index (χ4v) is 1.42. The number of phenolic OH excluding ortho intramolecular Hbond substituents is 1. The first-order valence-corrected chi connectivity index (χ1v) is 5.37. The van der Waals surface area contributed by atoms with Crippen LogP contribution in [0.15, 0.2) is 18.2 Å². The summed E-state index contributed by atoms with van der Waals surface area (Å²) in [5.74, 6) is -0.306. The third-order valence-electron chi connectivity index (χ3n) is 1.97. The lowest BCUT2D eigenvalue weighted by Crippen LogP contribution is -1.98. The number of methoxy groups -OCH3 is 1. The van der Waals surface area contributed by atoms with Gasteiger partial charge in [-0.05, 0) is 30.7 Å². The number of hydrogen-bond acceptors (Lipinski definition) is 4. The van der Waals surface area contributed by atoms with Crippen molar-refractivity contribution in [3.05, 3.63) is 28.8 Å². The Labute approximate surface area is 104 Å². The number of aromatic hydroxyl groups is 1. The molecule has 0 saturated heterocycles. The van der Waals surface area contributed by atoms with Crippen molar-refractivity contribution in [2.75, 3.05) is 13.7 Å². The van der Waals surface area contributed by atoms with E-state index in [9.17, 15) is 9.90 Å². The van der Waals surface area contributed by atoms with Gasteiger partial charge in [0.15, 0.2) is 11.5 Å². The molecule has 0 spiro atoms. The minimum absolute atomic E-state index is 0.123. The van der Waals surface area contributed by atoms with Crippen LogP contribution >= 0.6 is 11.6 Å². The summed E-state index contributed by atoms with van der Waals surface area (Å²) in [6, 6.07) is 3.09. The Hall–Kier alpha value is -1.68. The van der Waals surface area contributed by atoms with Crippen molar-refractivity contribution in [2.24, 2.45) is 0 Å². The SMILES string of the molecule is CCOC(=O)C=Cc1cc(Cl)c(O)c(OC)c1. The molecule has 1 rings (SSSR count). The third kappa shape index (κ3) is 3.67. The zero-order chi connectivity index (χ0) is 12.8. The minimum atomic E-state index is -0.435. The molecular weight excluding hydrogens is 244 g/mol. The maximum absolute atomic E-state index is 11.1. The van der Waals surface area contributed by atoms with Crippen molar-refractivity contribution in [3.63, 3.8) is 0 Å². The Kier molecular flexibility index (Phi) is 4.84. The van der Waals surface area contributed by atoms with E-state index in [0.29, 0.717) is 12.2 Å². The second-order valence-electron chi connectivity index (χ2n) is 3.14. The Morgan fingerprint density at radius 2 is 2.24 bits per heavy atom. The van der Waals surface area contributed by atoms with E-state index >= 15 is 0 Å². The summed E-state index contributed by atoms with van der Waals surface area (Å²) in [5.41, 5.74) is 0.637. The van der Waals surface area contributed by atoms with Crippen LogP contribution in [0.5, 0.6) is 11.5 Å². The second-order valence-corrected chi connectivity index (χ2v) is 3.55. The lowest BCUT2D eigenvalue weighted by molar-refractivity contribution is -0.137. The number of hydrogen-bond donors (Lipinski definition) is 1. The molecule has 17 heavy (non-hydrogen) atoms. The van der Waals surface area contributed by atoms with E-state index < -0.39 is 5.97 Å². The fraction of sp³-hybridized carbons (Fsp3) is 0.250. The Balaban J connectivity index is 2.92. The highest BCUT2D eigenvalue weighted by molar-refractivity contribution is 6.32. The highest BCUT2D eigenvalue weighted by Gasteiger charge is 2.07. The summed E-state index contributed by atoms with van der Waals surface area (Å²) < 4.78 is 9.67. The lowest BCUT2D eigenvalue weighted by atomic mass is 10.2. The molecule has 0 saturated carbocycles. The molecule has 0 unspecified atom stereocenters. The van der Waals surface area contributed by atoms with Gasteiger partial charge in [-0.25, -0.2) is 4.79 Å². The molecule has 0 bridgehead atoms. The zero-order valence-electron chi connectivity index (χ0n) is 9.57. The van der Waals surface area contributed by atoms with E-state index in [1.54, 1.807) is 13.0 Å². The van der Waals surface area contributed by atoms with Crippen LogP contribution in [-0.2, 0) is 9.53 Å². The van der Waals surface area contributed by atoms with Crippen LogP contribution in [0.4, 0.5) is 0 Å². The van der Waals surface area contributed by atoms with Gasteiger partial charge in [0, 0.05) is 6.08 Å². The van der Waals surface area contributed by atoms with Crippen LogP contribution in [0.2, 0.25) is 5.02 Å². The van der Waals surface area contributed by atoms with Gasteiger partial charge in [0.25, 0.3) is 0 Å². The smallest absolute Gasteiger partial charge is 0.330 e. The van der Waals surface area contributed by atoms with Gasteiger partial charge < -0.3 is 14.6 Å². The number of esters is 1. The summed E-state index contributed by atoms with van der Waals surface area (Å²) in [7, 11) is 1.42. The first-order valence-electron chi connectivity index (χ1n) is 4.99. The molecule has 0 aromatic heterocycles. The van der Waals surface area contributed by atoms with Crippen LogP contribution in [0.25, 0.3) is 6.08 Å². The van der Waals surface area contributed by atoms with E-state index in [0.717, 1.165) is 0 Å². The van der Waals surface area contributed by atoms with E-state index in [1.807, 2.05) is 0 Å². The van der Waals surface area contributed by atoms with Crippen molar-refractivity contribution in [1.29, 1.82) is 0 Å². The van der Waals surface area contributed by atoms with Gasteiger partial charge in [0.05, 0.1) is 18.7 Å². The summed E-state index contributed by atoms with van der Waals surface area (Å²) in [4.78, 5) is 11.1. The molecule has 4 nitrogen and oxygen atoms in total. The van der Waals surface area contributed by atoms with Gasteiger partial charge in [-0.2, -0.15) is 0 Å². The molecular formula is C12H13ClO4. The van der Waals surface area contributed by atoms with E-state index in [-0.39, 0.29) is 16.5 Å². The van der Waals surface area contributed by atoms with Gasteiger partial charge in [-0.1, -0.05) is 11.6 Å². The Bertz CT molecular complexity index is 440. The first kappa shape index (κ1) is 13.4. The van der Waals surface area contributed by atoms with Gasteiger partial charge >= 0.3 is 5.97 Å². The topological polar surface area (TPSA) is 55.8 Å². The Morgan fingerprint density at radius 3 is 2.82 bits per heavy atom. The Morgan fingerprint density at radius 1 is 1.53 bits per heavy atom. The van der Waals surface area contributed by atoms with Crippen molar-refractivity contribution >= 4 is 23.6 Å². The molecule has 0 atom stereocenters. The summed E-state index contributed by atoms with van der Waals surface area (Å²) in [6.07, 6.45) is 2.82. The van der Waals surface area contributed by atoms with Gasteiger partial charge in [0.2, 0.25) is 0 Å². The molecule has 0 radical (unpaired) electrons. The normalized spacial score (nSPS) is 10.5. The molecule has 0 heterocycles. The van der Waals surface area contributed by atoms with Crippen LogP contribution in [0.3, 0.4) is 0 Å². The monoisotopic (exact) mass is 256 g/mol. The highest BCUT2D eigenvalue weighted by Crippen LogP contribution is 2.35. The molecule has 0 amide bonds. The van der Waals surface area contributed by atoms with Crippen molar-refractivity contribution in [2.45, 2.75) is 6.92 Å². The maximum Gasteiger partial charge on any atom is 0.330 e. The third-order valence-corrected chi connectivity index (χ3v) is 2.26. The van der Waals surface area contributed by atoms with Crippen LogP contribution in [-0.4, -0.2) is 24.8 Å². The molecule has 1 aromatic carbocycles. The number of benzene rings is 1. The molecule has 1 aromatic rings. The fourth-order valence-electron chi connectivity index (χ4n) is 1.20. The molecule has 0 aliphatic carbocycles. The number of phenols is 1. The molecule has 0 aliphatic heterocycles. The average molecular weight is 257 g/mol. The standard InChI is InChI=1S/C12H13ClO4/c1-3-17-11(14)5-4-8-6-9(13)12(15)10(7-8)16-2/h4-7,15H,3H2,1-2H3. The zero-order valence-corrected chi connectivity index (χ0v) is 10.3. The van der Waals surface area contributed by atoms with Gasteiger partial charge in [-0.15, -0.1) is 0 Å². The van der Waals surface area contributed by atoms with Gasteiger partial charge in [-0.3, -0.25) is 0 Å². The number of carbonyl (C=O) groups excluding carboxylic acids is 1. The molecule has 1 N–H and O–H groups in total. The number of carbonyl (C=O) groups is 1. The van der Waals surface area contributed by atoms with Gasteiger partial charge in [0.1, 0.15) is 0 Å². The molecule has 0 aliphatic rings. The molecule has 5 heteroatoms. The van der Waals surface area contributed by atoms with Crippen LogP contribution < -0.4 is 4.74 Å². The largest absolute Gasteiger partial charge is 0.503 e. The second kappa shape index (κ2) is 6.15. The average Bonchev–Trinajstić information content (AvgIpc) is 2.31. The number of rotatable bonds is 4. The van der Waals surface area contributed by atoms with Crippen LogP contribution in [0.1, 0.15) is 12.5 Å². The van der Waals surface area contributed by atoms with E-state index in [2.05, 4.69) is 0 Å². The van der Waals surface area contributed by atoms with Crippen molar-refractivity contribution in [3.8, 4) is 11.5 Å². The summed E-state index contributed by atoms with van der Waals surface area (Å²) >= 11 is 5.79. The van der Waals surface area contributed by atoms with Crippen LogP contribution in [0, 0.1) is 0 Å². The lowest BCUT2D eigenvalue weighted by Gasteiger charge is -2.06. The van der Waals surface area contributed by atoms with E-state index in [4.69, 9.17) is 21.1 Å². The predicted octanol–water partition coefficient (Wildman–Crippen LogP) is 2.63. The van der Waals surface area contributed by atoms with E-state index in [1.165, 1.54) is 25.3 Å². The maximum atomic E-state index is 11.1. The quantitative estimate of drug-likeness (QED) is 0.665. The number of ether oxygens (including phenoxy) is 2. The van der Waals surface area contributed by atoms with Crippen molar-refractivity contribution < 1.29 is 19.4 Å². The van der Waals surface area contributed by atoms with Crippen molar-refractivity contribution in [1.82, 2.24) is 0 Å². The predicted molar refractivity (Wildman–Crippen MR) is 65.3 cm³/mol. The summed E-state index contributed by atoms with van der Waals surface area (Å²) in [5, 5.41) is 9.67. The minimum Gasteiger partial charge on any atom is -0.503 e. The molecule has 92 valence electrons. The summed E-state index contributed by atoms with van der Waals surface area (Å²) in [6.45, 7) is 2.05. The molecule has 0 fully saturated rings. The first-order chi connectivity index (χ1) is 8.08.